The zero-order valence-corrected chi connectivity index (χ0v) is 13.6. The number of hydrogen-bond donors (Lipinski definition) is 1. The first-order valence-corrected chi connectivity index (χ1v) is 8.35. The third-order valence-corrected chi connectivity index (χ3v) is 4.40. The Kier molecular flexibility index (Phi) is 5.06. The molecule has 0 bridgehead atoms. The summed E-state index contributed by atoms with van der Waals surface area (Å²) in [5.74, 6) is 2.78. The molecule has 22 heavy (non-hydrogen) atoms. The molecule has 1 atom stereocenters. The predicted molar refractivity (Wildman–Crippen MR) is 80.4 cm³/mol. The number of aryl methyl sites for hydroxylation is 1. The van der Waals surface area contributed by atoms with Crippen LogP contribution in [-0.2, 0) is 23.6 Å². The van der Waals surface area contributed by atoms with E-state index in [9.17, 15) is 0 Å². The van der Waals surface area contributed by atoms with Crippen molar-refractivity contribution >= 4 is 11.8 Å². The molecule has 3 heterocycles. The standard InChI is InChI=1S/C13H20N6O2S/c1-9-15-11(18-21-9)8-22-13-17-16-12(6-14-2)19(13)7-10-4-3-5-20-10/h10,14H,3-8H2,1-2H3. The van der Waals surface area contributed by atoms with E-state index in [-0.39, 0.29) is 6.10 Å². The molecule has 1 fully saturated rings. The monoisotopic (exact) mass is 324 g/mol. The summed E-state index contributed by atoms with van der Waals surface area (Å²) in [4.78, 5) is 4.21. The maximum atomic E-state index is 5.73. The zero-order valence-electron chi connectivity index (χ0n) is 12.8. The van der Waals surface area contributed by atoms with E-state index in [4.69, 9.17) is 9.26 Å². The summed E-state index contributed by atoms with van der Waals surface area (Å²) in [5, 5.41) is 16.5. The maximum absolute atomic E-state index is 5.73. The molecule has 9 heteroatoms. The average Bonchev–Trinajstić information content (AvgIpc) is 3.22. The Morgan fingerprint density at radius 1 is 1.41 bits per heavy atom. The predicted octanol–water partition coefficient (Wildman–Crippen LogP) is 1.16. The van der Waals surface area contributed by atoms with Crippen LogP contribution in [0.2, 0.25) is 0 Å². The third kappa shape index (κ3) is 3.65. The second kappa shape index (κ2) is 7.21. The summed E-state index contributed by atoms with van der Waals surface area (Å²) >= 11 is 1.56. The van der Waals surface area contributed by atoms with E-state index in [2.05, 4.69) is 30.2 Å². The first-order chi connectivity index (χ1) is 10.8. The maximum Gasteiger partial charge on any atom is 0.223 e. The van der Waals surface area contributed by atoms with Crippen LogP contribution in [0.1, 0.15) is 30.4 Å². The highest BCUT2D eigenvalue weighted by Gasteiger charge is 2.21. The summed E-state index contributed by atoms with van der Waals surface area (Å²) in [6.07, 6.45) is 2.46. The number of ether oxygens (including phenoxy) is 1. The summed E-state index contributed by atoms with van der Waals surface area (Å²) in [5.41, 5.74) is 0. The van der Waals surface area contributed by atoms with Crippen LogP contribution in [0.25, 0.3) is 0 Å². The molecule has 1 N–H and O–H groups in total. The molecule has 0 radical (unpaired) electrons. The highest BCUT2D eigenvalue weighted by atomic mass is 32.2. The summed E-state index contributed by atoms with van der Waals surface area (Å²) in [6.45, 7) is 4.10. The van der Waals surface area contributed by atoms with Gasteiger partial charge in [0.15, 0.2) is 11.0 Å². The van der Waals surface area contributed by atoms with E-state index in [1.165, 1.54) is 0 Å². The van der Waals surface area contributed by atoms with Crippen molar-refractivity contribution in [1.29, 1.82) is 0 Å². The minimum atomic E-state index is 0.248. The van der Waals surface area contributed by atoms with Gasteiger partial charge in [-0.05, 0) is 19.9 Å². The molecule has 8 nitrogen and oxygen atoms in total. The van der Waals surface area contributed by atoms with Crippen molar-refractivity contribution in [3.05, 3.63) is 17.5 Å². The Hall–Kier alpha value is -1.45. The van der Waals surface area contributed by atoms with Gasteiger partial charge >= 0.3 is 0 Å². The molecule has 1 saturated heterocycles. The normalized spacial score (nSPS) is 18.2. The highest BCUT2D eigenvalue weighted by Crippen LogP contribution is 2.23. The van der Waals surface area contributed by atoms with Gasteiger partial charge in [0.2, 0.25) is 5.89 Å². The van der Waals surface area contributed by atoms with Gasteiger partial charge in [0.05, 0.1) is 24.9 Å². The molecule has 0 spiro atoms. The van der Waals surface area contributed by atoms with Gasteiger partial charge in [-0.25, -0.2) is 0 Å². The number of aromatic nitrogens is 5. The fourth-order valence-electron chi connectivity index (χ4n) is 2.42. The van der Waals surface area contributed by atoms with Crippen molar-refractivity contribution in [2.45, 2.75) is 49.9 Å². The largest absolute Gasteiger partial charge is 0.376 e. The van der Waals surface area contributed by atoms with Crippen molar-refractivity contribution in [3.63, 3.8) is 0 Å². The molecule has 0 aromatic carbocycles. The van der Waals surface area contributed by atoms with Crippen LogP contribution in [0.4, 0.5) is 0 Å². The Morgan fingerprint density at radius 2 is 2.32 bits per heavy atom. The molecular weight excluding hydrogens is 304 g/mol. The Balaban J connectivity index is 1.71. The molecule has 0 aliphatic carbocycles. The number of rotatable bonds is 7. The van der Waals surface area contributed by atoms with Gasteiger partial charge < -0.3 is 19.1 Å². The molecule has 1 unspecified atom stereocenters. The van der Waals surface area contributed by atoms with E-state index in [0.717, 1.165) is 37.0 Å². The van der Waals surface area contributed by atoms with Crippen LogP contribution in [-0.4, -0.2) is 44.7 Å². The molecule has 120 valence electrons. The van der Waals surface area contributed by atoms with Gasteiger partial charge in [0.25, 0.3) is 0 Å². The van der Waals surface area contributed by atoms with Crippen molar-refractivity contribution < 1.29 is 9.26 Å². The van der Waals surface area contributed by atoms with Gasteiger partial charge in [-0.1, -0.05) is 16.9 Å². The van der Waals surface area contributed by atoms with Crippen LogP contribution >= 0.6 is 11.8 Å². The van der Waals surface area contributed by atoms with Crippen LogP contribution in [0, 0.1) is 6.92 Å². The highest BCUT2D eigenvalue weighted by molar-refractivity contribution is 7.98. The molecule has 1 aliphatic rings. The van der Waals surface area contributed by atoms with Crippen molar-refractivity contribution in [2.24, 2.45) is 0 Å². The second-order valence-electron chi connectivity index (χ2n) is 5.19. The summed E-state index contributed by atoms with van der Waals surface area (Å²) in [6, 6.07) is 0. The Bertz CT molecular complexity index is 607. The lowest BCUT2D eigenvalue weighted by molar-refractivity contribution is 0.0941. The van der Waals surface area contributed by atoms with Crippen molar-refractivity contribution in [1.82, 2.24) is 30.2 Å². The minimum absolute atomic E-state index is 0.248. The number of thioether (sulfide) groups is 1. The van der Waals surface area contributed by atoms with Crippen LogP contribution in [0.15, 0.2) is 9.68 Å². The van der Waals surface area contributed by atoms with E-state index < -0.39 is 0 Å². The lowest BCUT2D eigenvalue weighted by atomic mass is 10.2. The SMILES string of the molecule is CNCc1nnc(SCc2noc(C)n2)n1CC1CCCO1. The summed E-state index contributed by atoms with van der Waals surface area (Å²) in [7, 11) is 1.90. The third-order valence-electron chi connectivity index (χ3n) is 3.44. The molecule has 2 aromatic heterocycles. The number of nitrogens with zero attached hydrogens (tertiary/aromatic N) is 5. The van der Waals surface area contributed by atoms with Gasteiger partial charge in [-0.3, -0.25) is 0 Å². The van der Waals surface area contributed by atoms with Gasteiger partial charge in [-0.2, -0.15) is 4.98 Å². The lowest BCUT2D eigenvalue weighted by Crippen LogP contribution is -2.20. The van der Waals surface area contributed by atoms with E-state index in [1.807, 2.05) is 7.05 Å². The first kappa shape index (κ1) is 15.4. The second-order valence-corrected chi connectivity index (χ2v) is 6.14. The fourth-order valence-corrected chi connectivity index (χ4v) is 3.23. The van der Waals surface area contributed by atoms with Crippen molar-refractivity contribution in [3.8, 4) is 0 Å². The van der Waals surface area contributed by atoms with E-state index in [0.29, 0.717) is 24.0 Å². The molecule has 3 rings (SSSR count). The van der Waals surface area contributed by atoms with Gasteiger partial charge in [-0.15, -0.1) is 10.2 Å². The molecule has 0 saturated carbocycles. The fraction of sp³-hybridized carbons (Fsp3) is 0.692. The Labute approximate surface area is 133 Å². The zero-order chi connectivity index (χ0) is 15.4. The van der Waals surface area contributed by atoms with Crippen LogP contribution in [0.3, 0.4) is 0 Å². The quantitative estimate of drug-likeness (QED) is 0.759. The van der Waals surface area contributed by atoms with E-state index in [1.54, 1.807) is 18.7 Å². The van der Waals surface area contributed by atoms with Crippen LogP contribution in [0.5, 0.6) is 0 Å². The molecule has 0 amide bonds. The van der Waals surface area contributed by atoms with E-state index >= 15 is 0 Å². The average molecular weight is 324 g/mol. The van der Waals surface area contributed by atoms with Gasteiger partial charge in [0.1, 0.15) is 5.82 Å². The van der Waals surface area contributed by atoms with Crippen LogP contribution < -0.4 is 5.32 Å². The topological polar surface area (TPSA) is 90.9 Å². The molecule has 2 aromatic rings. The number of nitrogens with one attached hydrogen (secondary N) is 1. The smallest absolute Gasteiger partial charge is 0.223 e. The first-order valence-electron chi connectivity index (χ1n) is 7.36. The molecular formula is C13H20N6O2S. The lowest BCUT2D eigenvalue weighted by Gasteiger charge is -2.14. The van der Waals surface area contributed by atoms with Gasteiger partial charge in [0, 0.05) is 13.5 Å². The number of hydrogen-bond acceptors (Lipinski definition) is 8. The van der Waals surface area contributed by atoms with Crippen molar-refractivity contribution in [2.75, 3.05) is 13.7 Å². The molecule has 1 aliphatic heterocycles. The minimum Gasteiger partial charge on any atom is -0.376 e. The summed E-state index contributed by atoms with van der Waals surface area (Å²) < 4.78 is 12.9. The Morgan fingerprint density at radius 3 is 3.00 bits per heavy atom.